The lowest BCUT2D eigenvalue weighted by atomic mass is 10.1. The maximum absolute atomic E-state index is 13.5. The van der Waals surface area contributed by atoms with Gasteiger partial charge in [0.2, 0.25) is 0 Å². The molecule has 2 rings (SSSR count). The van der Waals surface area contributed by atoms with Gasteiger partial charge in [-0.05, 0) is 40.4 Å². The lowest BCUT2D eigenvalue weighted by Crippen LogP contribution is -2.42. The van der Waals surface area contributed by atoms with Crippen molar-refractivity contribution in [3.05, 3.63) is 52.5 Å². The first-order chi connectivity index (χ1) is 11.6. The van der Waals surface area contributed by atoms with Gasteiger partial charge in [-0.2, -0.15) is 11.3 Å². The normalized spacial score (nSPS) is 12.2. The Kier molecular flexibility index (Phi) is 9.81. The molecule has 0 aliphatic heterocycles. The van der Waals surface area contributed by atoms with Gasteiger partial charge >= 0.3 is 0 Å². The molecule has 0 bridgehead atoms. The standard InChI is InChI=1S/C18H24FN3OS.HI/c1-14(15-8-11-24-13-15)12-21-18(20-2)22(3)9-10-23-17-7-5-4-6-16(17)19;/h4-8,11,13-14H,9-10,12H2,1-3H3,(H,20,21);1H. The first-order valence-electron chi connectivity index (χ1n) is 7.93. The maximum Gasteiger partial charge on any atom is 0.193 e. The summed E-state index contributed by atoms with van der Waals surface area (Å²) in [5.74, 6) is 1.15. The second-order valence-corrected chi connectivity index (χ2v) is 6.37. The van der Waals surface area contributed by atoms with Gasteiger partial charge < -0.3 is 15.0 Å². The molecule has 1 unspecified atom stereocenters. The van der Waals surface area contributed by atoms with Gasteiger partial charge in [0, 0.05) is 20.6 Å². The van der Waals surface area contributed by atoms with Gasteiger partial charge in [0.15, 0.2) is 17.5 Å². The largest absolute Gasteiger partial charge is 0.489 e. The summed E-state index contributed by atoms with van der Waals surface area (Å²) in [4.78, 5) is 6.26. The topological polar surface area (TPSA) is 36.9 Å². The first kappa shape index (κ1) is 21.7. The Morgan fingerprint density at radius 2 is 2.12 bits per heavy atom. The minimum absolute atomic E-state index is 0. The maximum atomic E-state index is 13.5. The van der Waals surface area contributed by atoms with Gasteiger partial charge in [-0.15, -0.1) is 24.0 Å². The van der Waals surface area contributed by atoms with Crippen molar-refractivity contribution in [1.29, 1.82) is 0 Å². The lowest BCUT2D eigenvalue weighted by Gasteiger charge is -2.23. The molecule has 2 aromatic rings. The van der Waals surface area contributed by atoms with E-state index in [1.54, 1.807) is 36.6 Å². The molecule has 1 atom stereocenters. The van der Waals surface area contributed by atoms with Crippen molar-refractivity contribution < 1.29 is 9.13 Å². The van der Waals surface area contributed by atoms with Crippen LogP contribution in [0.1, 0.15) is 18.4 Å². The van der Waals surface area contributed by atoms with Crippen molar-refractivity contribution in [1.82, 2.24) is 10.2 Å². The summed E-state index contributed by atoms with van der Waals surface area (Å²) in [5, 5.41) is 7.63. The van der Waals surface area contributed by atoms with Crippen LogP contribution in [0.4, 0.5) is 4.39 Å². The number of para-hydroxylation sites is 1. The van der Waals surface area contributed by atoms with E-state index in [1.165, 1.54) is 11.6 Å². The van der Waals surface area contributed by atoms with E-state index in [-0.39, 0.29) is 35.5 Å². The van der Waals surface area contributed by atoms with Crippen LogP contribution in [-0.4, -0.2) is 44.7 Å². The number of thiophene rings is 1. The molecule has 4 nitrogen and oxygen atoms in total. The average molecular weight is 477 g/mol. The highest BCUT2D eigenvalue weighted by atomic mass is 127. The Morgan fingerprint density at radius 1 is 1.36 bits per heavy atom. The Balaban J connectivity index is 0.00000312. The summed E-state index contributed by atoms with van der Waals surface area (Å²) >= 11 is 1.71. The molecule has 1 N–H and O–H groups in total. The number of hydrogen-bond acceptors (Lipinski definition) is 3. The number of likely N-dealkylation sites (N-methyl/N-ethyl adjacent to an activating group) is 1. The van der Waals surface area contributed by atoms with Gasteiger partial charge in [-0.3, -0.25) is 4.99 Å². The van der Waals surface area contributed by atoms with Gasteiger partial charge in [0.05, 0.1) is 6.54 Å². The minimum Gasteiger partial charge on any atom is -0.489 e. The van der Waals surface area contributed by atoms with E-state index in [2.05, 4.69) is 34.1 Å². The van der Waals surface area contributed by atoms with Crippen LogP contribution in [0, 0.1) is 5.82 Å². The number of hydrogen-bond donors (Lipinski definition) is 1. The zero-order chi connectivity index (χ0) is 17.4. The molecule has 0 aliphatic carbocycles. The monoisotopic (exact) mass is 477 g/mol. The molecule has 0 aliphatic rings. The average Bonchev–Trinajstić information content (AvgIpc) is 3.11. The zero-order valence-corrected chi connectivity index (χ0v) is 17.9. The van der Waals surface area contributed by atoms with Crippen molar-refractivity contribution in [3.8, 4) is 5.75 Å². The van der Waals surface area contributed by atoms with E-state index in [4.69, 9.17) is 4.74 Å². The highest BCUT2D eigenvalue weighted by Crippen LogP contribution is 2.17. The van der Waals surface area contributed by atoms with Crippen LogP contribution in [0.3, 0.4) is 0 Å². The molecule has 0 saturated heterocycles. The number of rotatable bonds is 7. The van der Waals surface area contributed by atoms with E-state index in [0.717, 1.165) is 12.5 Å². The van der Waals surface area contributed by atoms with Crippen LogP contribution in [0.15, 0.2) is 46.1 Å². The smallest absolute Gasteiger partial charge is 0.193 e. The summed E-state index contributed by atoms with van der Waals surface area (Å²) in [6.07, 6.45) is 0. The molecule has 1 heterocycles. The quantitative estimate of drug-likeness (QED) is 0.369. The van der Waals surface area contributed by atoms with Crippen molar-refractivity contribution in [2.75, 3.05) is 33.8 Å². The van der Waals surface area contributed by atoms with Gasteiger partial charge in [-0.25, -0.2) is 4.39 Å². The lowest BCUT2D eigenvalue weighted by molar-refractivity contribution is 0.270. The number of halogens is 2. The van der Waals surface area contributed by atoms with Crippen LogP contribution in [0.2, 0.25) is 0 Å². The molecular weight excluding hydrogens is 452 g/mol. The van der Waals surface area contributed by atoms with E-state index in [0.29, 0.717) is 19.1 Å². The fourth-order valence-corrected chi connectivity index (χ4v) is 3.04. The van der Waals surface area contributed by atoms with E-state index in [9.17, 15) is 4.39 Å². The minimum atomic E-state index is -0.341. The number of benzene rings is 1. The number of guanidine groups is 1. The summed E-state index contributed by atoms with van der Waals surface area (Å²) in [6.45, 7) is 3.99. The van der Waals surface area contributed by atoms with E-state index >= 15 is 0 Å². The molecule has 0 saturated carbocycles. The Labute approximate surface area is 170 Å². The Bertz CT molecular complexity index is 652. The number of ether oxygens (including phenoxy) is 1. The second kappa shape index (κ2) is 11.3. The summed E-state index contributed by atoms with van der Waals surface area (Å²) < 4.78 is 19.0. The zero-order valence-electron chi connectivity index (χ0n) is 14.7. The Morgan fingerprint density at radius 3 is 2.76 bits per heavy atom. The first-order valence-corrected chi connectivity index (χ1v) is 8.87. The summed E-state index contributed by atoms with van der Waals surface area (Å²) in [5.41, 5.74) is 1.33. The summed E-state index contributed by atoms with van der Waals surface area (Å²) in [7, 11) is 3.70. The van der Waals surface area contributed by atoms with Gasteiger partial charge in [0.25, 0.3) is 0 Å². The molecule has 0 fully saturated rings. The molecule has 0 amide bonds. The molecule has 0 spiro atoms. The predicted octanol–water partition coefficient (Wildman–Crippen LogP) is 4.19. The molecule has 25 heavy (non-hydrogen) atoms. The fourth-order valence-electron chi connectivity index (χ4n) is 2.26. The van der Waals surface area contributed by atoms with Crippen LogP contribution in [0.5, 0.6) is 5.75 Å². The van der Waals surface area contributed by atoms with Crippen molar-refractivity contribution >= 4 is 41.3 Å². The number of nitrogens with one attached hydrogen (secondary N) is 1. The fraction of sp³-hybridized carbons (Fsp3) is 0.389. The highest BCUT2D eigenvalue weighted by Gasteiger charge is 2.10. The highest BCUT2D eigenvalue weighted by molar-refractivity contribution is 14.0. The predicted molar refractivity (Wildman–Crippen MR) is 114 cm³/mol. The van der Waals surface area contributed by atoms with Crippen LogP contribution in [-0.2, 0) is 0 Å². The molecule has 1 aromatic heterocycles. The molecular formula is C18H25FIN3OS. The molecule has 0 radical (unpaired) electrons. The van der Waals surface area contributed by atoms with Crippen LogP contribution in [0.25, 0.3) is 0 Å². The Hall–Kier alpha value is -1.35. The number of aliphatic imine (C=N–C) groups is 1. The van der Waals surface area contributed by atoms with E-state index < -0.39 is 0 Å². The third-order valence-electron chi connectivity index (χ3n) is 3.77. The number of nitrogens with zero attached hydrogens (tertiary/aromatic N) is 2. The van der Waals surface area contributed by atoms with E-state index in [1.807, 2.05) is 11.9 Å². The third kappa shape index (κ3) is 6.81. The van der Waals surface area contributed by atoms with Gasteiger partial charge in [-0.1, -0.05) is 19.1 Å². The van der Waals surface area contributed by atoms with Crippen LogP contribution < -0.4 is 10.1 Å². The molecule has 7 heteroatoms. The molecule has 138 valence electrons. The third-order valence-corrected chi connectivity index (χ3v) is 4.47. The van der Waals surface area contributed by atoms with Crippen molar-refractivity contribution in [2.45, 2.75) is 12.8 Å². The van der Waals surface area contributed by atoms with Gasteiger partial charge in [0.1, 0.15) is 6.61 Å². The van der Waals surface area contributed by atoms with Crippen molar-refractivity contribution in [2.24, 2.45) is 4.99 Å². The summed E-state index contributed by atoms with van der Waals surface area (Å²) in [6, 6.07) is 8.57. The molecule has 1 aromatic carbocycles. The SMILES string of the molecule is CN=C(NCC(C)c1ccsc1)N(C)CCOc1ccccc1F.I. The second-order valence-electron chi connectivity index (χ2n) is 5.59. The van der Waals surface area contributed by atoms with Crippen molar-refractivity contribution in [3.63, 3.8) is 0 Å². The van der Waals surface area contributed by atoms with Crippen LogP contribution >= 0.6 is 35.3 Å².